The number of ether oxygens (including phenoxy) is 1. The van der Waals surface area contributed by atoms with Crippen molar-refractivity contribution in [3.05, 3.63) is 18.2 Å². The Morgan fingerprint density at radius 2 is 2.33 bits per heavy atom. The van der Waals surface area contributed by atoms with Crippen molar-refractivity contribution in [3.8, 4) is 0 Å². The molecule has 0 aliphatic carbocycles. The normalized spacial score (nSPS) is 21.7. The molecule has 0 bridgehead atoms. The molecular weight excluding hydrogens is 226 g/mol. The maximum atomic E-state index is 5.87. The minimum Gasteiger partial charge on any atom is -0.374 e. The molecule has 1 atom stereocenters. The molecule has 0 spiro atoms. The fraction of sp³-hybridized carbons (Fsp3) is 0.786. The van der Waals surface area contributed by atoms with Crippen molar-refractivity contribution in [1.82, 2.24) is 14.5 Å². The highest BCUT2D eigenvalue weighted by molar-refractivity contribution is 4.93. The van der Waals surface area contributed by atoms with Gasteiger partial charge in [-0.2, -0.15) is 0 Å². The molecule has 0 aromatic carbocycles. The first kappa shape index (κ1) is 13.6. The summed E-state index contributed by atoms with van der Waals surface area (Å²) in [4.78, 5) is 6.91. The number of rotatable bonds is 5. The lowest BCUT2D eigenvalue weighted by atomic mass is 10.2. The van der Waals surface area contributed by atoms with Crippen LogP contribution < -0.4 is 0 Å². The summed E-state index contributed by atoms with van der Waals surface area (Å²) in [5.74, 6) is 1.18. The van der Waals surface area contributed by atoms with Crippen LogP contribution in [0.25, 0.3) is 0 Å². The van der Waals surface area contributed by atoms with E-state index >= 15 is 0 Å². The van der Waals surface area contributed by atoms with E-state index in [1.54, 1.807) is 0 Å². The van der Waals surface area contributed by atoms with E-state index in [1.165, 1.54) is 5.82 Å². The number of morpholine rings is 1. The Hall–Kier alpha value is -0.870. The van der Waals surface area contributed by atoms with Crippen molar-refractivity contribution in [2.24, 2.45) is 0 Å². The lowest BCUT2D eigenvalue weighted by Crippen LogP contribution is -2.47. The predicted octanol–water partition coefficient (Wildman–Crippen LogP) is 1.94. The van der Waals surface area contributed by atoms with Gasteiger partial charge >= 0.3 is 0 Å². The van der Waals surface area contributed by atoms with Crippen LogP contribution in [0, 0.1) is 0 Å². The van der Waals surface area contributed by atoms with E-state index in [0.29, 0.717) is 12.1 Å². The van der Waals surface area contributed by atoms with Gasteiger partial charge in [0.05, 0.1) is 19.3 Å². The van der Waals surface area contributed by atoms with E-state index in [-0.39, 0.29) is 0 Å². The molecule has 1 aliphatic heterocycles. The van der Waals surface area contributed by atoms with Gasteiger partial charge in [0.1, 0.15) is 5.82 Å². The minimum atomic E-state index is 0.297. The van der Waals surface area contributed by atoms with Crippen molar-refractivity contribution in [1.29, 1.82) is 0 Å². The predicted molar refractivity (Wildman–Crippen MR) is 72.7 cm³/mol. The Morgan fingerprint density at radius 1 is 1.50 bits per heavy atom. The highest BCUT2D eigenvalue weighted by Gasteiger charge is 2.22. The van der Waals surface area contributed by atoms with Gasteiger partial charge in [0.15, 0.2) is 0 Å². The number of nitrogens with zero attached hydrogens (tertiary/aromatic N) is 3. The second kappa shape index (κ2) is 6.34. The van der Waals surface area contributed by atoms with E-state index in [0.717, 1.165) is 39.1 Å². The largest absolute Gasteiger partial charge is 0.374 e. The summed E-state index contributed by atoms with van der Waals surface area (Å²) < 4.78 is 8.12. The molecule has 18 heavy (non-hydrogen) atoms. The minimum absolute atomic E-state index is 0.297. The molecule has 1 aromatic rings. The standard InChI is InChI=1S/C14H25N3O/c1-4-5-14-15-6-7-17(14)11-13-10-16(12(2)3)8-9-18-13/h6-7,12-13H,4-5,8-11H2,1-3H3. The van der Waals surface area contributed by atoms with E-state index in [1.807, 2.05) is 6.20 Å². The van der Waals surface area contributed by atoms with Crippen molar-refractivity contribution >= 4 is 0 Å². The third kappa shape index (κ3) is 3.33. The van der Waals surface area contributed by atoms with Gasteiger partial charge in [-0.1, -0.05) is 6.92 Å². The maximum absolute atomic E-state index is 5.87. The van der Waals surface area contributed by atoms with E-state index < -0.39 is 0 Å². The van der Waals surface area contributed by atoms with Gasteiger partial charge in [-0.15, -0.1) is 0 Å². The molecule has 2 heterocycles. The average molecular weight is 251 g/mol. The first-order chi connectivity index (χ1) is 8.70. The van der Waals surface area contributed by atoms with Gasteiger partial charge in [0.25, 0.3) is 0 Å². The van der Waals surface area contributed by atoms with Crippen LogP contribution in [-0.2, 0) is 17.7 Å². The second-order valence-corrected chi connectivity index (χ2v) is 5.33. The van der Waals surface area contributed by atoms with Crippen molar-refractivity contribution in [3.63, 3.8) is 0 Å². The van der Waals surface area contributed by atoms with Gasteiger partial charge in [-0.3, -0.25) is 4.90 Å². The maximum Gasteiger partial charge on any atom is 0.108 e. The summed E-state index contributed by atoms with van der Waals surface area (Å²) >= 11 is 0. The molecule has 102 valence electrons. The van der Waals surface area contributed by atoms with Gasteiger partial charge in [-0.25, -0.2) is 4.98 Å². The first-order valence-electron chi connectivity index (χ1n) is 7.06. The summed E-state index contributed by atoms with van der Waals surface area (Å²) in [6.45, 7) is 10.6. The molecular formula is C14H25N3O. The fourth-order valence-electron chi connectivity index (χ4n) is 2.50. The zero-order valence-corrected chi connectivity index (χ0v) is 11.8. The van der Waals surface area contributed by atoms with Gasteiger partial charge in [0, 0.05) is 37.9 Å². The molecule has 1 aliphatic rings. The van der Waals surface area contributed by atoms with Crippen LogP contribution in [-0.4, -0.2) is 46.3 Å². The summed E-state index contributed by atoms with van der Waals surface area (Å²) in [5, 5.41) is 0. The van der Waals surface area contributed by atoms with E-state index in [2.05, 4.69) is 41.4 Å². The molecule has 1 saturated heterocycles. The monoisotopic (exact) mass is 251 g/mol. The van der Waals surface area contributed by atoms with Crippen molar-refractivity contribution < 1.29 is 4.74 Å². The molecule has 0 amide bonds. The number of hydrogen-bond donors (Lipinski definition) is 0. The van der Waals surface area contributed by atoms with Crippen LogP contribution in [0.1, 0.15) is 33.0 Å². The summed E-state index contributed by atoms with van der Waals surface area (Å²) in [5.41, 5.74) is 0. The van der Waals surface area contributed by atoms with Crippen LogP contribution in [0.5, 0.6) is 0 Å². The van der Waals surface area contributed by atoms with Crippen molar-refractivity contribution in [2.75, 3.05) is 19.7 Å². The van der Waals surface area contributed by atoms with Crippen LogP contribution >= 0.6 is 0 Å². The van der Waals surface area contributed by atoms with E-state index in [4.69, 9.17) is 4.74 Å². The highest BCUT2D eigenvalue weighted by Crippen LogP contribution is 2.12. The summed E-state index contributed by atoms with van der Waals surface area (Å²) in [6.07, 6.45) is 6.45. The molecule has 4 heteroatoms. The number of aryl methyl sites for hydroxylation is 1. The molecule has 1 aromatic heterocycles. The molecule has 4 nitrogen and oxygen atoms in total. The molecule has 1 fully saturated rings. The number of hydrogen-bond acceptors (Lipinski definition) is 3. The molecule has 2 rings (SSSR count). The van der Waals surface area contributed by atoms with Gasteiger partial charge in [-0.05, 0) is 20.3 Å². The lowest BCUT2D eigenvalue weighted by molar-refractivity contribution is -0.0459. The SMILES string of the molecule is CCCc1nccn1CC1CN(C(C)C)CCO1. The Bertz CT molecular complexity index is 362. The Morgan fingerprint density at radius 3 is 3.06 bits per heavy atom. The van der Waals surface area contributed by atoms with E-state index in [9.17, 15) is 0 Å². The summed E-state index contributed by atoms with van der Waals surface area (Å²) in [6, 6.07) is 0.606. The molecule has 0 radical (unpaired) electrons. The van der Waals surface area contributed by atoms with Crippen LogP contribution in [0.2, 0.25) is 0 Å². The first-order valence-corrected chi connectivity index (χ1v) is 7.06. The molecule has 0 N–H and O–H groups in total. The second-order valence-electron chi connectivity index (χ2n) is 5.33. The van der Waals surface area contributed by atoms with Crippen LogP contribution in [0.3, 0.4) is 0 Å². The zero-order valence-electron chi connectivity index (χ0n) is 11.8. The highest BCUT2D eigenvalue weighted by atomic mass is 16.5. The number of imidazole rings is 1. The zero-order chi connectivity index (χ0) is 13.0. The third-order valence-corrected chi connectivity index (χ3v) is 3.58. The lowest BCUT2D eigenvalue weighted by Gasteiger charge is -2.35. The fourth-order valence-corrected chi connectivity index (χ4v) is 2.50. The molecule has 0 saturated carbocycles. The molecule has 1 unspecified atom stereocenters. The quantitative estimate of drug-likeness (QED) is 0.801. The Balaban J connectivity index is 1.94. The Kier molecular flexibility index (Phi) is 4.78. The smallest absolute Gasteiger partial charge is 0.108 e. The Labute approximate surface area is 110 Å². The average Bonchev–Trinajstić information content (AvgIpc) is 2.77. The van der Waals surface area contributed by atoms with Crippen molar-refractivity contribution in [2.45, 2.75) is 52.3 Å². The van der Waals surface area contributed by atoms with Crippen LogP contribution in [0.4, 0.5) is 0 Å². The topological polar surface area (TPSA) is 30.3 Å². The van der Waals surface area contributed by atoms with Gasteiger partial charge in [0.2, 0.25) is 0 Å². The van der Waals surface area contributed by atoms with Gasteiger partial charge < -0.3 is 9.30 Å². The summed E-state index contributed by atoms with van der Waals surface area (Å²) in [7, 11) is 0. The van der Waals surface area contributed by atoms with Crippen LogP contribution in [0.15, 0.2) is 12.4 Å². The number of aromatic nitrogens is 2. The third-order valence-electron chi connectivity index (χ3n) is 3.58.